The van der Waals surface area contributed by atoms with Gasteiger partial charge in [-0.2, -0.15) is 0 Å². The van der Waals surface area contributed by atoms with Gasteiger partial charge in [0.25, 0.3) is 0 Å². The Morgan fingerprint density at radius 2 is 1.96 bits per heavy atom. The molecule has 1 amide bonds. The highest BCUT2D eigenvalue weighted by molar-refractivity contribution is 5.77. The summed E-state index contributed by atoms with van der Waals surface area (Å²) in [6.45, 7) is 9.37. The van der Waals surface area contributed by atoms with Crippen molar-refractivity contribution in [1.82, 2.24) is 9.80 Å². The Morgan fingerprint density at radius 1 is 1.21 bits per heavy atom. The van der Waals surface area contributed by atoms with Crippen molar-refractivity contribution in [1.29, 1.82) is 0 Å². The van der Waals surface area contributed by atoms with Crippen molar-refractivity contribution in [2.75, 3.05) is 33.3 Å². The van der Waals surface area contributed by atoms with Crippen LogP contribution < -0.4 is 4.74 Å². The molecule has 0 atom stereocenters. The first-order valence-corrected chi connectivity index (χ1v) is 9.19. The lowest BCUT2D eigenvalue weighted by Gasteiger charge is -2.47. The number of piperidine rings is 2. The monoisotopic (exact) mass is 330 g/mol. The van der Waals surface area contributed by atoms with Gasteiger partial charge in [0.05, 0.1) is 7.11 Å². The molecule has 0 aliphatic carbocycles. The fraction of sp³-hybridized carbons (Fsp3) is 0.650. The van der Waals surface area contributed by atoms with Gasteiger partial charge in [-0.1, -0.05) is 6.07 Å². The Balaban J connectivity index is 1.58. The van der Waals surface area contributed by atoms with Crippen molar-refractivity contribution in [3.05, 3.63) is 29.3 Å². The molecule has 132 valence electrons. The van der Waals surface area contributed by atoms with E-state index in [4.69, 9.17) is 4.74 Å². The molecule has 4 heteroatoms. The van der Waals surface area contributed by atoms with E-state index in [2.05, 4.69) is 41.8 Å². The van der Waals surface area contributed by atoms with E-state index < -0.39 is 0 Å². The molecule has 1 aromatic rings. The minimum atomic E-state index is 0.347. The SMILES string of the molecule is CCN1CC2(CCC1=O)CCN(Cc1ccc(OC)cc1C)CC2. The molecule has 0 N–H and O–H groups in total. The maximum atomic E-state index is 12.0. The average Bonchev–Trinajstić information content (AvgIpc) is 2.61. The second-order valence-corrected chi connectivity index (χ2v) is 7.48. The number of carbonyl (C=O) groups is 1. The zero-order chi connectivity index (χ0) is 17.2. The number of hydrogen-bond acceptors (Lipinski definition) is 3. The van der Waals surface area contributed by atoms with Gasteiger partial charge in [-0.3, -0.25) is 9.69 Å². The van der Waals surface area contributed by atoms with Crippen LogP contribution in [0.3, 0.4) is 0 Å². The van der Waals surface area contributed by atoms with E-state index in [9.17, 15) is 4.79 Å². The lowest BCUT2D eigenvalue weighted by atomic mass is 9.72. The summed E-state index contributed by atoms with van der Waals surface area (Å²) in [5.41, 5.74) is 3.06. The van der Waals surface area contributed by atoms with Gasteiger partial charge in [0, 0.05) is 26.1 Å². The van der Waals surface area contributed by atoms with Crippen LogP contribution in [-0.4, -0.2) is 49.0 Å². The molecule has 0 bridgehead atoms. The van der Waals surface area contributed by atoms with E-state index in [-0.39, 0.29) is 0 Å². The molecule has 1 spiro atoms. The van der Waals surface area contributed by atoms with Crippen LogP contribution in [-0.2, 0) is 11.3 Å². The van der Waals surface area contributed by atoms with Crippen LogP contribution in [0.2, 0.25) is 0 Å². The number of rotatable bonds is 4. The maximum Gasteiger partial charge on any atom is 0.222 e. The Kier molecular flexibility index (Phi) is 5.14. The topological polar surface area (TPSA) is 32.8 Å². The largest absolute Gasteiger partial charge is 0.497 e. The van der Waals surface area contributed by atoms with E-state index in [1.54, 1.807) is 7.11 Å². The van der Waals surface area contributed by atoms with Crippen LogP contribution in [0.4, 0.5) is 0 Å². The second kappa shape index (κ2) is 7.14. The van der Waals surface area contributed by atoms with E-state index in [0.717, 1.165) is 51.3 Å². The summed E-state index contributed by atoms with van der Waals surface area (Å²) in [4.78, 5) is 16.6. The molecule has 2 saturated heterocycles. The molecule has 0 radical (unpaired) electrons. The molecule has 3 rings (SSSR count). The number of hydrogen-bond donors (Lipinski definition) is 0. The number of nitrogens with zero attached hydrogens (tertiary/aromatic N) is 2. The van der Waals surface area contributed by atoms with Gasteiger partial charge in [0.15, 0.2) is 0 Å². The molecule has 2 aliphatic rings. The van der Waals surface area contributed by atoms with Crippen LogP contribution >= 0.6 is 0 Å². The quantitative estimate of drug-likeness (QED) is 0.850. The van der Waals surface area contributed by atoms with E-state index in [0.29, 0.717) is 11.3 Å². The predicted molar refractivity (Wildman–Crippen MR) is 96.2 cm³/mol. The van der Waals surface area contributed by atoms with Crippen LogP contribution in [0.15, 0.2) is 18.2 Å². The third kappa shape index (κ3) is 3.59. The molecule has 2 fully saturated rings. The Hall–Kier alpha value is -1.55. The normalized spacial score (nSPS) is 21.3. The first-order valence-electron chi connectivity index (χ1n) is 9.19. The van der Waals surface area contributed by atoms with Crippen molar-refractivity contribution in [3.8, 4) is 5.75 Å². The van der Waals surface area contributed by atoms with Gasteiger partial charge in [-0.05, 0) is 74.9 Å². The van der Waals surface area contributed by atoms with Crippen LogP contribution in [0.5, 0.6) is 5.75 Å². The van der Waals surface area contributed by atoms with Gasteiger partial charge in [0.1, 0.15) is 5.75 Å². The molecule has 2 heterocycles. The van der Waals surface area contributed by atoms with E-state index in [1.165, 1.54) is 24.0 Å². The molecule has 0 aromatic heterocycles. The first kappa shape index (κ1) is 17.3. The summed E-state index contributed by atoms with van der Waals surface area (Å²) in [6, 6.07) is 6.36. The summed E-state index contributed by atoms with van der Waals surface area (Å²) in [5, 5.41) is 0. The van der Waals surface area contributed by atoms with Gasteiger partial charge in [-0.15, -0.1) is 0 Å². The number of methoxy groups -OCH3 is 1. The standard InChI is InChI=1S/C20H30N2O2/c1-4-22-15-20(8-7-19(22)23)9-11-21(12-10-20)14-17-5-6-18(24-3)13-16(17)2/h5-6,13H,4,7-12,14-15H2,1-3H3. The molecular weight excluding hydrogens is 300 g/mol. The van der Waals surface area contributed by atoms with Gasteiger partial charge in [0.2, 0.25) is 5.91 Å². The number of carbonyl (C=O) groups excluding carboxylic acids is 1. The second-order valence-electron chi connectivity index (χ2n) is 7.48. The van der Waals surface area contributed by atoms with Crippen LogP contribution in [0.25, 0.3) is 0 Å². The summed E-state index contributed by atoms with van der Waals surface area (Å²) in [5.74, 6) is 1.28. The van der Waals surface area contributed by atoms with Crippen molar-refractivity contribution >= 4 is 5.91 Å². The summed E-state index contributed by atoms with van der Waals surface area (Å²) in [6.07, 6.45) is 4.25. The highest BCUT2D eigenvalue weighted by Crippen LogP contribution is 2.40. The fourth-order valence-electron chi connectivity index (χ4n) is 4.20. The molecule has 2 aliphatic heterocycles. The van der Waals surface area contributed by atoms with Crippen molar-refractivity contribution in [3.63, 3.8) is 0 Å². The van der Waals surface area contributed by atoms with Gasteiger partial charge >= 0.3 is 0 Å². The number of benzene rings is 1. The molecular formula is C20H30N2O2. The number of amides is 1. The smallest absolute Gasteiger partial charge is 0.222 e. The molecule has 24 heavy (non-hydrogen) atoms. The Labute approximate surface area is 145 Å². The summed E-state index contributed by atoms with van der Waals surface area (Å²) >= 11 is 0. The summed E-state index contributed by atoms with van der Waals surface area (Å²) < 4.78 is 5.30. The maximum absolute atomic E-state index is 12.0. The highest BCUT2D eigenvalue weighted by Gasteiger charge is 2.40. The average molecular weight is 330 g/mol. The third-order valence-electron chi connectivity index (χ3n) is 5.99. The van der Waals surface area contributed by atoms with Crippen molar-refractivity contribution in [2.45, 2.75) is 46.1 Å². The number of aryl methyl sites for hydroxylation is 1. The highest BCUT2D eigenvalue weighted by atomic mass is 16.5. The van der Waals surface area contributed by atoms with Crippen LogP contribution in [0, 0.1) is 12.3 Å². The van der Waals surface area contributed by atoms with Crippen molar-refractivity contribution < 1.29 is 9.53 Å². The number of likely N-dealkylation sites (tertiary alicyclic amines) is 2. The van der Waals surface area contributed by atoms with Crippen LogP contribution in [0.1, 0.15) is 43.7 Å². The lowest BCUT2D eigenvalue weighted by Crippen LogP contribution is -2.51. The van der Waals surface area contributed by atoms with Gasteiger partial charge in [-0.25, -0.2) is 0 Å². The summed E-state index contributed by atoms with van der Waals surface area (Å²) in [7, 11) is 1.72. The van der Waals surface area contributed by atoms with E-state index >= 15 is 0 Å². The molecule has 0 unspecified atom stereocenters. The Bertz CT molecular complexity index is 591. The minimum absolute atomic E-state index is 0.347. The third-order valence-corrected chi connectivity index (χ3v) is 5.99. The van der Waals surface area contributed by atoms with Crippen molar-refractivity contribution in [2.24, 2.45) is 5.41 Å². The minimum Gasteiger partial charge on any atom is -0.497 e. The zero-order valence-electron chi connectivity index (χ0n) is 15.3. The molecule has 0 saturated carbocycles. The predicted octanol–water partition coefficient (Wildman–Crippen LogP) is 3.23. The van der Waals surface area contributed by atoms with Gasteiger partial charge < -0.3 is 9.64 Å². The lowest BCUT2D eigenvalue weighted by molar-refractivity contribution is -0.138. The Morgan fingerprint density at radius 3 is 2.58 bits per heavy atom. The first-order chi connectivity index (χ1) is 11.5. The fourth-order valence-corrected chi connectivity index (χ4v) is 4.20. The molecule has 1 aromatic carbocycles. The number of ether oxygens (including phenoxy) is 1. The zero-order valence-corrected chi connectivity index (χ0v) is 15.3. The molecule has 4 nitrogen and oxygen atoms in total. The van der Waals surface area contributed by atoms with E-state index in [1.807, 2.05) is 0 Å².